The van der Waals surface area contributed by atoms with E-state index in [1.54, 1.807) is 48.3 Å². The van der Waals surface area contributed by atoms with Crippen LogP contribution in [0.4, 0.5) is 11.5 Å². The van der Waals surface area contributed by atoms with E-state index in [9.17, 15) is 13.2 Å². The average Bonchev–Trinajstić information content (AvgIpc) is 3.03. The van der Waals surface area contributed by atoms with Gasteiger partial charge in [0.15, 0.2) is 5.82 Å². The Labute approximate surface area is 172 Å². The Morgan fingerprint density at radius 1 is 1.07 bits per heavy atom. The van der Waals surface area contributed by atoms with Crippen LogP contribution in [0.2, 0.25) is 10.0 Å². The number of rotatable bonds is 6. The molecule has 0 unspecified atom stereocenters. The van der Waals surface area contributed by atoms with Gasteiger partial charge in [-0.1, -0.05) is 35.3 Å². The van der Waals surface area contributed by atoms with Gasteiger partial charge in [0.2, 0.25) is 5.91 Å². The number of carbonyl (C=O) groups excluding carboxylic acids is 1. The van der Waals surface area contributed by atoms with Crippen LogP contribution in [0.3, 0.4) is 0 Å². The highest BCUT2D eigenvalue weighted by atomic mass is 35.5. The van der Waals surface area contributed by atoms with E-state index < -0.39 is 10.0 Å². The first-order chi connectivity index (χ1) is 13.2. The molecular formula is C18H16Cl2N4O3S. The maximum atomic E-state index is 12.4. The van der Waals surface area contributed by atoms with Crippen LogP contribution in [0.25, 0.3) is 0 Å². The summed E-state index contributed by atoms with van der Waals surface area (Å²) in [6, 6.07) is 12.3. The number of nitrogens with zero attached hydrogens (tertiary/aromatic N) is 2. The van der Waals surface area contributed by atoms with Crippen molar-refractivity contribution in [2.24, 2.45) is 7.05 Å². The lowest BCUT2D eigenvalue weighted by Crippen LogP contribution is -2.15. The topological polar surface area (TPSA) is 93.1 Å². The molecule has 7 nitrogen and oxygen atoms in total. The van der Waals surface area contributed by atoms with Gasteiger partial charge in [0, 0.05) is 25.0 Å². The fourth-order valence-corrected chi connectivity index (χ4v) is 3.85. The lowest BCUT2D eigenvalue weighted by atomic mass is 10.1. The fourth-order valence-electron chi connectivity index (χ4n) is 2.40. The predicted molar refractivity (Wildman–Crippen MR) is 109 cm³/mol. The highest BCUT2D eigenvalue weighted by Gasteiger charge is 2.16. The van der Waals surface area contributed by atoms with Gasteiger partial charge in [-0.3, -0.25) is 14.2 Å². The van der Waals surface area contributed by atoms with Crippen LogP contribution in [0.5, 0.6) is 0 Å². The normalized spacial score (nSPS) is 11.2. The van der Waals surface area contributed by atoms with E-state index in [-0.39, 0.29) is 27.3 Å². The second-order valence-electron chi connectivity index (χ2n) is 5.98. The Bertz CT molecular complexity index is 1110. The van der Waals surface area contributed by atoms with Crippen molar-refractivity contribution in [1.82, 2.24) is 9.78 Å². The van der Waals surface area contributed by atoms with Crippen LogP contribution >= 0.6 is 23.2 Å². The maximum Gasteiger partial charge on any atom is 0.261 e. The van der Waals surface area contributed by atoms with Crippen molar-refractivity contribution in [3.8, 4) is 0 Å². The molecule has 0 bridgehead atoms. The summed E-state index contributed by atoms with van der Waals surface area (Å²) in [6.07, 6.45) is 1.86. The summed E-state index contributed by atoms with van der Waals surface area (Å²) in [7, 11) is -2.05. The monoisotopic (exact) mass is 438 g/mol. The van der Waals surface area contributed by atoms with Crippen molar-refractivity contribution < 1.29 is 13.2 Å². The molecule has 0 radical (unpaired) electrons. The molecule has 0 aliphatic rings. The van der Waals surface area contributed by atoms with E-state index >= 15 is 0 Å². The highest BCUT2D eigenvalue weighted by Crippen LogP contribution is 2.26. The minimum atomic E-state index is -3.81. The minimum Gasteiger partial charge on any atom is -0.309 e. The molecule has 0 aliphatic heterocycles. The average molecular weight is 439 g/mol. The molecule has 0 saturated carbocycles. The minimum absolute atomic E-state index is 0.000662. The number of anilines is 2. The number of nitrogens with one attached hydrogen (secondary N) is 2. The third-order valence-corrected chi connectivity index (χ3v) is 5.87. The van der Waals surface area contributed by atoms with E-state index in [1.807, 2.05) is 0 Å². The Balaban J connectivity index is 1.65. The highest BCUT2D eigenvalue weighted by molar-refractivity contribution is 7.92. The number of aromatic nitrogens is 2. The lowest BCUT2D eigenvalue weighted by Gasteiger charge is -2.10. The van der Waals surface area contributed by atoms with E-state index in [2.05, 4.69) is 15.1 Å². The number of benzene rings is 2. The second kappa shape index (κ2) is 8.22. The predicted octanol–water partition coefficient (Wildman–Crippen LogP) is 3.71. The summed E-state index contributed by atoms with van der Waals surface area (Å²) in [5.74, 6) is 0.251. The van der Waals surface area contributed by atoms with Crippen LogP contribution in [0.15, 0.2) is 59.6 Å². The molecule has 1 amide bonds. The van der Waals surface area contributed by atoms with Gasteiger partial charge >= 0.3 is 0 Å². The standard InChI is InChI=1S/C18H16Cl2N4O3S/c1-24-9-8-17(22-24)21-18(25)10-12-2-4-13(5-3-12)23-28(26,27)14-6-7-15(19)16(20)11-14/h2-9,11,23H,10H2,1H3,(H,21,22,25). The molecule has 0 aliphatic carbocycles. The van der Waals surface area contributed by atoms with Crippen LogP contribution in [0.1, 0.15) is 5.56 Å². The van der Waals surface area contributed by atoms with Crippen molar-refractivity contribution in [1.29, 1.82) is 0 Å². The lowest BCUT2D eigenvalue weighted by molar-refractivity contribution is -0.115. The summed E-state index contributed by atoms with van der Waals surface area (Å²) >= 11 is 11.7. The smallest absolute Gasteiger partial charge is 0.261 e. The van der Waals surface area contributed by atoms with Crippen LogP contribution in [-0.4, -0.2) is 24.1 Å². The van der Waals surface area contributed by atoms with E-state index in [0.717, 1.165) is 5.56 Å². The molecule has 1 aromatic heterocycles. The maximum absolute atomic E-state index is 12.4. The second-order valence-corrected chi connectivity index (χ2v) is 8.47. The first kappa shape index (κ1) is 20.2. The molecule has 10 heteroatoms. The summed E-state index contributed by atoms with van der Waals surface area (Å²) in [4.78, 5) is 12.1. The van der Waals surface area contributed by atoms with Gasteiger partial charge in [-0.05, 0) is 35.9 Å². The number of sulfonamides is 1. The molecule has 146 valence electrons. The van der Waals surface area contributed by atoms with Gasteiger partial charge in [0.1, 0.15) is 0 Å². The van der Waals surface area contributed by atoms with Crippen molar-refractivity contribution in [3.05, 3.63) is 70.3 Å². The Morgan fingerprint density at radius 2 is 1.79 bits per heavy atom. The third-order valence-electron chi connectivity index (χ3n) is 3.75. The number of carbonyl (C=O) groups is 1. The van der Waals surface area contributed by atoms with Gasteiger partial charge in [0.25, 0.3) is 10.0 Å². The number of amides is 1. The van der Waals surface area contributed by atoms with Gasteiger partial charge < -0.3 is 5.32 Å². The van der Waals surface area contributed by atoms with Crippen LogP contribution < -0.4 is 10.0 Å². The zero-order valence-corrected chi connectivity index (χ0v) is 17.0. The van der Waals surface area contributed by atoms with Gasteiger partial charge in [-0.25, -0.2) is 8.42 Å². The van der Waals surface area contributed by atoms with Crippen molar-refractivity contribution in [2.75, 3.05) is 10.0 Å². The molecule has 2 N–H and O–H groups in total. The fraction of sp³-hybridized carbons (Fsp3) is 0.111. The molecule has 3 aromatic rings. The van der Waals surface area contributed by atoms with Gasteiger partial charge in [-0.2, -0.15) is 5.10 Å². The quantitative estimate of drug-likeness (QED) is 0.613. The number of halogens is 2. The summed E-state index contributed by atoms with van der Waals surface area (Å²) in [6.45, 7) is 0. The summed E-state index contributed by atoms with van der Waals surface area (Å²) < 4.78 is 28.9. The summed E-state index contributed by atoms with van der Waals surface area (Å²) in [5.41, 5.74) is 1.09. The SMILES string of the molecule is Cn1ccc(NC(=O)Cc2ccc(NS(=O)(=O)c3ccc(Cl)c(Cl)c3)cc2)n1. The van der Waals surface area contributed by atoms with Crippen molar-refractivity contribution in [3.63, 3.8) is 0 Å². The van der Waals surface area contributed by atoms with Crippen molar-refractivity contribution >= 4 is 50.6 Å². The van der Waals surface area contributed by atoms with E-state index in [0.29, 0.717) is 11.5 Å². The molecular weight excluding hydrogens is 423 g/mol. The van der Waals surface area contributed by atoms with Gasteiger partial charge in [-0.15, -0.1) is 0 Å². The largest absolute Gasteiger partial charge is 0.309 e. The Morgan fingerprint density at radius 3 is 2.39 bits per heavy atom. The number of hydrogen-bond acceptors (Lipinski definition) is 4. The Hall–Kier alpha value is -2.55. The zero-order valence-electron chi connectivity index (χ0n) is 14.7. The molecule has 0 fully saturated rings. The number of aryl methyl sites for hydroxylation is 1. The van der Waals surface area contributed by atoms with E-state index in [1.165, 1.54) is 18.2 Å². The molecule has 3 rings (SSSR count). The van der Waals surface area contributed by atoms with Crippen LogP contribution in [-0.2, 0) is 28.3 Å². The third kappa shape index (κ3) is 5.03. The van der Waals surface area contributed by atoms with Crippen LogP contribution in [0, 0.1) is 0 Å². The van der Waals surface area contributed by atoms with Gasteiger partial charge in [0.05, 0.1) is 21.4 Å². The Kier molecular flexibility index (Phi) is 5.93. The first-order valence-electron chi connectivity index (χ1n) is 8.09. The molecule has 0 atom stereocenters. The molecule has 1 heterocycles. The molecule has 28 heavy (non-hydrogen) atoms. The summed E-state index contributed by atoms with van der Waals surface area (Å²) in [5, 5.41) is 7.19. The molecule has 0 spiro atoms. The van der Waals surface area contributed by atoms with Crippen molar-refractivity contribution in [2.45, 2.75) is 11.3 Å². The molecule has 0 saturated heterocycles. The molecule has 2 aromatic carbocycles. The van der Waals surface area contributed by atoms with E-state index in [4.69, 9.17) is 23.2 Å². The first-order valence-corrected chi connectivity index (χ1v) is 10.3. The number of hydrogen-bond donors (Lipinski definition) is 2. The zero-order chi connectivity index (χ0) is 20.3.